The number of carboxylic acids is 1. The Balaban J connectivity index is 2.86. The summed E-state index contributed by atoms with van der Waals surface area (Å²) in [7, 11) is 0. The molecule has 0 aliphatic rings. The van der Waals surface area contributed by atoms with Crippen molar-refractivity contribution in [2.45, 2.75) is 26.7 Å². The number of rotatable bonds is 6. The molecule has 0 spiro atoms. The lowest BCUT2D eigenvalue weighted by atomic mass is 9.82. The van der Waals surface area contributed by atoms with Crippen LogP contribution in [0.25, 0.3) is 0 Å². The highest BCUT2D eigenvalue weighted by Crippen LogP contribution is 2.26. The summed E-state index contributed by atoms with van der Waals surface area (Å²) in [5.41, 5.74) is -0.841. The van der Waals surface area contributed by atoms with Crippen molar-refractivity contribution in [1.82, 2.24) is 5.32 Å². The van der Waals surface area contributed by atoms with Crippen LogP contribution >= 0.6 is 15.9 Å². The number of aliphatic carboxylic acids is 1. The normalized spacial score (nSPS) is 11.2. The highest BCUT2D eigenvalue weighted by molar-refractivity contribution is 9.10. The second kappa shape index (κ2) is 6.83. The van der Waals surface area contributed by atoms with E-state index >= 15 is 0 Å². The van der Waals surface area contributed by atoms with Gasteiger partial charge in [-0.1, -0.05) is 13.8 Å². The van der Waals surface area contributed by atoms with E-state index in [9.17, 15) is 19.1 Å². The monoisotopic (exact) mass is 345 g/mol. The Hall–Kier alpha value is -1.43. The molecule has 6 heteroatoms. The van der Waals surface area contributed by atoms with Crippen LogP contribution in [0.3, 0.4) is 0 Å². The minimum absolute atomic E-state index is 0.0110. The van der Waals surface area contributed by atoms with Gasteiger partial charge < -0.3 is 10.4 Å². The number of nitrogens with one attached hydrogen (secondary N) is 1. The number of hydrogen-bond acceptors (Lipinski definition) is 2. The molecule has 0 heterocycles. The second-order valence-corrected chi connectivity index (χ2v) is 5.45. The fraction of sp³-hybridized carbons (Fsp3) is 0.429. The first kappa shape index (κ1) is 16.6. The predicted octanol–water partition coefficient (Wildman–Crippen LogP) is 3.21. The SMILES string of the molecule is CCC(CC)(CNC(=O)c1cc(F)ccc1Br)C(=O)O. The van der Waals surface area contributed by atoms with Gasteiger partial charge in [0.25, 0.3) is 5.91 Å². The Morgan fingerprint density at radius 1 is 1.35 bits per heavy atom. The van der Waals surface area contributed by atoms with Gasteiger partial charge in [-0.3, -0.25) is 9.59 Å². The van der Waals surface area contributed by atoms with E-state index in [2.05, 4.69) is 21.2 Å². The summed E-state index contributed by atoms with van der Waals surface area (Å²) in [5, 5.41) is 11.9. The molecule has 2 N–H and O–H groups in total. The van der Waals surface area contributed by atoms with Crippen LogP contribution in [-0.2, 0) is 4.79 Å². The molecule has 0 radical (unpaired) electrons. The van der Waals surface area contributed by atoms with E-state index in [-0.39, 0.29) is 12.1 Å². The number of amides is 1. The molecule has 0 saturated carbocycles. The highest BCUT2D eigenvalue weighted by atomic mass is 79.9. The number of carbonyl (C=O) groups is 2. The van der Waals surface area contributed by atoms with Gasteiger partial charge in [0.1, 0.15) is 5.82 Å². The Kier molecular flexibility index (Phi) is 5.68. The molecule has 4 nitrogen and oxygen atoms in total. The summed E-state index contributed by atoms with van der Waals surface area (Å²) in [4.78, 5) is 23.4. The molecule has 1 aromatic rings. The molecule has 0 aromatic heterocycles. The molecule has 1 aromatic carbocycles. The topological polar surface area (TPSA) is 66.4 Å². The summed E-state index contributed by atoms with van der Waals surface area (Å²) in [5.74, 6) is -1.96. The summed E-state index contributed by atoms with van der Waals surface area (Å²) in [6, 6.07) is 3.79. The van der Waals surface area contributed by atoms with Crippen LogP contribution in [-0.4, -0.2) is 23.5 Å². The molecule has 110 valence electrons. The quantitative estimate of drug-likeness (QED) is 0.831. The van der Waals surface area contributed by atoms with Crippen LogP contribution < -0.4 is 5.32 Å². The largest absolute Gasteiger partial charge is 0.481 e. The van der Waals surface area contributed by atoms with Crippen molar-refractivity contribution < 1.29 is 19.1 Å². The van der Waals surface area contributed by atoms with E-state index < -0.39 is 23.1 Å². The zero-order chi connectivity index (χ0) is 15.3. The molecule has 0 atom stereocenters. The summed E-state index contributed by atoms with van der Waals surface area (Å²) in [6.45, 7) is 3.54. The summed E-state index contributed by atoms with van der Waals surface area (Å²) < 4.78 is 13.6. The van der Waals surface area contributed by atoms with Crippen molar-refractivity contribution >= 4 is 27.8 Å². The standard InChI is InChI=1S/C14H17BrFNO3/c1-3-14(4-2,13(19)20)8-17-12(18)10-7-9(16)5-6-11(10)15/h5-7H,3-4,8H2,1-2H3,(H,17,18)(H,19,20). The van der Waals surface area contributed by atoms with Gasteiger partial charge in [0.15, 0.2) is 0 Å². The van der Waals surface area contributed by atoms with Crippen LogP contribution in [0.15, 0.2) is 22.7 Å². The van der Waals surface area contributed by atoms with Crippen LogP contribution in [0.4, 0.5) is 4.39 Å². The molecule has 0 unspecified atom stereocenters. The van der Waals surface area contributed by atoms with Crippen molar-refractivity contribution in [2.24, 2.45) is 5.41 Å². The van der Waals surface area contributed by atoms with Gasteiger partial charge in [0, 0.05) is 11.0 Å². The van der Waals surface area contributed by atoms with Crippen LogP contribution in [0.2, 0.25) is 0 Å². The maximum absolute atomic E-state index is 13.1. The Morgan fingerprint density at radius 2 is 1.95 bits per heavy atom. The number of hydrogen-bond donors (Lipinski definition) is 2. The van der Waals surface area contributed by atoms with Crippen LogP contribution in [0.1, 0.15) is 37.0 Å². The number of benzene rings is 1. The van der Waals surface area contributed by atoms with Gasteiger partial charge in [0.2, 0.25) is 0 Å². The van der Waals surface area contributed by atoms with Crippen LogP contribution in [0.5, 0.6) is 0 Å². The van der Waals surface area contributed by atoms with Crippen molar-refractivity contribution in [3.05, 3.63) is 34.1 Å². The first-order valence-electron chi connectivity index (χ1n) is 6.33. The maximum Gasteiger partial charge on any atom is 0.311 e. The maximum atomic E-state index is 13.1. The second-order valence-electron chi connectivity index (χ2n) is 4.60. The van der Waals surface area contributed by atoms with Gasteiger partial charge in [-0.05, 0) is 47.0 Å². The third kappa shape index (κ3) is 3.56. The van der Waals surface area contributed by atoms with Gasteiger partial charge in [-0.15, -0.1) is 0 Å². The number of carbonyl (C=O) groups excluding carboxylic acids is 1. The molecule has 0 aliphatic carbocycles. The first-order valence-corrected chi connectivity index (χ1v) is 7.12. The third-order valence-corrected chi connectivity index (χ3v) is 4.26. The zero-order valence-corrected chi connectivity index (χ0v) is 13.0. The highest BCUT2D eigenvalue weighted by Gasteiger charge is 2.35. The molecular formula is C14H17BrFNO3. The van der Waals surface area contributed by atoms with E-state index in [0.29, 0.717) is 17.3 Å². The molecular weight excluding hydrogens is 329 g/mol. The lowest BCUT2D eigenvalue weighted by molar-refractivity contribution is -0.149. The van der Waals surface area contributed by atoms with E-state index in [4.69, 9.17) is 0 Å². The van der Waals surface area contributed by atoms with Crippen molar-refractivity contribution in [2.75, 3.05) is 6.54 Å². The molecule has 1 amide bonds. The Labute approximate surface area is 125 Å². The van der Waals surface area contributed by atoms with Crippen molar-refractivity contribution in [1.29, 1.82) is 0 Å². The van der Waals surface area contributed by atoms with Crippen molar-refractivity contribution in [3.63, 3.8) is 0 Å². The minimum atomic E-state index is -0.991. The van der Waals surface area contributed by atoms with E-state index in [1.54, 1.807) is 13.8 Å². The average molecular weight is 346 g/mol. The van der Waals surface area contributed by atoms with Gasteiger partial charge in [-0.2, -0.15) is 0 Å². The fourth-order valence-corrected chi connectivity index (χ4v) is 2.32. The van der Waals surface area contributed by atoms with Gasteiger partial charge in [-0.25, -0.2) is 4.39 Å². The molecule has 0 fully saturated rings. The third-order valence-electron chi connectivity index (χ3n) is 3.57. The van der Waals surface area contributed by atoms with Gasteiger partial charge in [0.05, 0.1) is 11.0 Å². The summed E-state index contributed by atoms with van der Waals surface area (Å²) in [6.07, 6.45) is 0.812. The lowest BCUT2D eigenvalue weighted by Gasteiger charge is -2.26. The molecule has 0 aliphatic heterocycles. The van der Waals surface area contributed by atoms with Crippen LogP contribution in [0, 0.1) is 11.2 Å². The summed E-state index contributed by atoms with van der Waals surface area (Å²) >= 11 is 3.17. The van der Waals surface area contributed by atoms with E-state index in [1.165, 1.54) is 12.1 Å². The molecule has 20 heavy (non-hydrogen) atoms. The zero-order valence-electron chi connectivity index (χ0n) is 11.4. The Bertz CT molecular complexity index is 515. The minimum Gasteiger partial charge on any atom is -0.481 e. The average Bonchev–Trinajstić information content (AvgIpc) is 2.42. The van der Waals surface area contributed by atoms with Gasteiger partial charge >= 0.3 is 5.97 Å². The molecule has 0 bridgehead atoms. The lowest BCUT2D eigenvalue weighted by Crippen LogP contribution is -2.42. The smallest absolute Gasteiger partial charge is 0.311 e. The predicted molar refractivity (Wildman–Crippen MR) is 77.1 cm³/mol. The molecule has 1 rings (SSSR count). The number of halogens is 2. The Morgan fingerprint density at radius 3 is 2.45 bits per heavy atom. The first-order chi connectivity index (χ1) is 9.36. The molecule has 0 saturated heterocycles. The van der Waals surface area contributed by atoms with E-state index in [0.717, 1.165) is 6.07 Å². The van der Waals surface area contributed by atoms with Crippen molar-refractivity contribution in [3.8, 4) is 0 Å². The fourth-order valence-electron chi connectivity index (χ4n) is 1.89. The number of carboxylic acid groups (broad SMARTS) is 1. The van der Waals surface area contributed by atoms with E-state index in [1.807, 2.05) is 0 Å².